The van der Waals surface area contributed by atoms with Crippen molar-refractivity contribution in [2.75, 3.05) is 0 Å². The molecule has 0 aromatic rings. The van der Waals surface area contributed by atoms with E-state index in [4.69, 9.17) is 23.2 Å². The molecule has 0 N–H and O–H groups in total. The number of rotatable bonds is 0. The van der Waals surface area contributed by atoms with Gasteiger partial charge in [0.1, 0.15) is 0 Å². The molecule has 0 spiro atoms. The fourth-order valence-corrected chi connectivity index (χ4v) is 3.31. The zero-order valence-corrected chi connectivity index (χ0v) is 7.41. The standard InChI is InChI=1S/C8H12Cl2/c9-7-5-3-1-2-4-6(5)8(7)10/h5-8H,1-4H2/t5?,6?,7-,8+. The average molecular weight is 179 g/mol. The summed E-state index contributed by atoms with van der Waals surface area (Å²) >= 11 is 12.1. The van der Waals surface area contributed by atoms with E-state index in [0.29, 0.717) is 0 Å². The van der Waals surface area contributed by atoms with Crippen LogP contribution in [0, 0.1) is 11.8 Å². The summed E-state index contributed by atoms with van der Waals surface area (Å²) in [5, 5.41) is 0.568. The summed E-state index contributed by atoms with van der Waals surface area (Å²) in [6.07, 6.45) is 5.38. The largest absolute Gasteiger partial charge is 0.121 e. The first kappa shape index (κ1) is 7.24. The van der Waals surface area contributed by atoms with Crippen LogP contribution < -0.4 is 0 Å². The van der Waals surface area contributed by atoms with Crippen LogP contribution >= 0.6 is 23.2 Å². The molecule has 10 heavy (non-hydrogen) atoms. The number of halogens is 2. The molecule has 0 aromatic heterocycles. The van der Waals surface area contributed by atoms with Crippen molar-refractivity contribution in [3.8, 4) is 0 Å². The third-order valence-corrected chi connectivity index (χ3v) is 4.32. The van der Waals surface area contributed by atoms with Crippen LogP contribution in [0.4, 0.5) is 0 Å². The van der Waals surface area contributed by atoms with E-state index in [-0.39, 0.29) is 10.8 Å². The number of fused-ring (bicyclic) bond motifs is 1. The fourth-order valence-electron chi connectivity index (χ4n) is 2.31. The van der Waals surface area contributed by atoms with E-state index >= 15 is 0 Å². The van der Waals surface area contributed by atoms with Gasteiger partial charge in [0.25, 0.3) is 0 Å². The van der Waals surface area contributed by atoms with Crippen LogP contribution in [0.25, 0.3) is 0 Å². The Bertz CT molecular complexity index is 119. The Labute approximate surface area is 71.9 Å². The monoisotopic (exact) mass is 178 g/mol. The van der Waals surface area contributed by atoms with Crippen LogP contribution in [-0.2, 0) is 0 Å². The predicted molar refractivity (Wildman–Crippen MR) is 44.7 cm³/mol. The van der Waals surface area contributed by atoms with Crippen molar-refractivity contribution in [1.82, 2.24) is 0 Å². The summed E-state index contributed by atoms with van der Waals surface area (Å²) in [4.78, 5) is 0. The Morgan fingerprint density at radius 3 is 1.60 bits per heavy atom. The first-order valence-corrected chi connectivity index (χ1v) is 4.96. The average Bonchev–Trinajstić information content (AvgIpc) is 2.03. The molecule has 2 saturated carbocycles. The molecule has 4 atom stereocenters. The van der Waals surface area contributed by atoms with Crippen LogP contribution in [0.5, 0.6) is 0 Å². The zero-order chi connectivity index (χ0) is 7.14. The normalized spacial score (nSPS) is 53.4. The van der Waals surface area contributed by atoms with E-state index in [0.717, 1.165) is 11.8 Å². The van der Waals surface area contributed by atoms with Crippen molar-refractivity contribution in [3.63, 3.8) is 0 Å². The van der Waals surface area contributed by atoms with Crippen molar-refractivity contribution >= 4 is 23.2 Å². The molecule has 0 nitrogen and oxygen atoms in total. The highest BCUT2D eigenvalue weighted by atomic mass is 35.5. The second-order valence-corrected chi connectivity index (χ2v) is 4.51. The molecule has 2 fully saturated rings. The lowest BCUT2D eigenvalue weighted by atomic mass is 9.65. The van der Waals surface area contributed by atoms with E-state index in [1.165, 1.54) is 25.7 Å². The lowest BCUT2D eigenvalue weighted by Crippen LogP contribution is -2.50. The van der Waals surface area contributed by atoms with Crippen LogP contribution in [-0.4, -0.2) is 10.8 Å². The summed E-state index contributed by atoms with van der Waals surface area (Å²) in [7, 11) is 0. The van der Waals surface area contributed by atoms with Crippen molar-refractivity contribution in [1.29, 1.82) is 0 Å². The molecule has 2 unspecified atom stereocenters. The highest BCUT2D eigenvalue weighted by Crippen LogP contribution is 2.50. The lowest BCUT2D eigenvalue weighted by molar-refractivity contribution is 0.128. The maximum atomic E-state index is 6.04. The molecule has 0 heterocycles. The van der Waals surface area contributed by atoms with E-state index in [1.54, 1.807) is 0 Å². The first-order valence-electron chi connectivity index (χ1n) is 4.09. The predicted octanol–water partition coefficient (Wildman–Crippen LogP) is 3.02. The number of hydrogen-bond donors (Lipinski definition) is 0. The number of alkyl halides is 2. The van der Waals surface area contributed by atoms with E-state index in [1.807, 2.05) is 0 Å². The van der Waals surface area contributed by atoms with Gasteiger partial charge < -0.3 is 0 Å². The molecule has 0 amide bonds. The molecule has 0 saturated heterocycles. The lowest BCUT2D eigenvalue weighted by Gasteiger charge is -2.49. The smallest absolute Gasteiger partial charge is 0.0533 e. The Balaban J connectivity index is 2.00. The molecule has 2 heteroatoms. The topological polar surface area (TPSA) is 0 Å². The van der Waals surface area contributed by atoms with Gasteiger partial charge in [-0.3, -0.25) is 0 Å². The molecular formula is C8H12Cl2. The van der Waals surface area contributed by atoms with E-state index in [2.05, 4.69) is 0 Å². The quantitative estimate of drug-likeness (QED) is 0.501. The van der Waals surface area contributed by atoms with Gasteiger partial charge in [-0.25, -0.2) is 0 Å². The Kier molecular flexibility index (Phi) is 1.86. The van der Waals surface area contributed by atoms with Crippen molar-refractivity contribution in [3.05, 3.63) is 0 Å². The van der Waals surface area contributed by atoms with Crippen molar-refractivity contribution in [2.24, 2.45) is 11.8 Å². The first-order chi connectivity index (χ1) is 4.80. The molecule has 2 aliphatic carbocycles. The van der Waals surface area contributed by atoms with Gasteiger partial charge >= 0.3 is 0 Å². The van der Waals surface area contributed by atoms with Gasteiger partial charge in [0.05, 0.1) is 10.8 Å². The molecular weight excluding hydrogens is 167 g/mol. The van der Waals surface area contributed by atoms with Gasteiger partial charge in [0.2, 0.25) is 0 Å². The summed E-state index contributed by atoms with van der Waals surface area (Å²) in [6, 6.07) is 0. The molecule has 0 bridgehead atoms. The van der Waals surface area contributed by atoms with Crippen molar-refractivity contribution in [2.45, 2.75) is 36.4 Å². The summed E-state index contributed by atoms with van der Waals surface area (Å²) in [6.45, 7) is 0. The molecule has 58 valence electrons. The van der Waals surface area contributed by atoms with E-state index < -0.39 is 0 Å². The highest BCUT2D eigenvalue weighted by Gasteiger charge is 2.48. The number of hydrogen-bond acceptors (Lipinski definition) is 0. The van der Waals surface area contributed by atoms with Gasteiger partial charge in [0.15, 0.2) is 0 Å². The zero-order valence-electron chi connectivity index (χ0n) is 5.89. The van der Waals surface area contributed by atoms with Crippen LogP contribution in [0.3, 0.4) is 0 Å². The Morgan fingerprint density at radius 1 is 0.800 bits per heavy atom. The second-order valence-electron chi connectivity index (χ2n) is 3.50. The van der Waals surface area contributed by atoms with Crippen molar-refractivity contribution < 1.29 is 0 Å². The third kappa shape index (κ3) is 0.887. The van der Waals surface area contributed by atoms with Gasteiger partial charge in [-0.05, 0) is 24.7 Å². The minimum atomic E-state index is 0.284. The van der Waals surface area contributed by atoms with Gasteiger partial charge in [-0.1, -0.05) is 12.8 Å². The molecule has 0 aliphatic heterocycles. The molecule has 0 aromatic carbocycles. The highest BCUT2D eigenvalue weighted by molar-refractivity contribution is 6.31. The third-order valence-electron chi connectivity index (χ3n) is 3.00. The van der Waals surface area contributed by atoms with Gasteiger partial charge in [-0.2, -0.15) is 0 Å². The maximum Gasteiger partial charge on any atom is 0.0533 e. The Morgan fingerprint density at radius 2 is 1.20 bits per heavy atom. The van der Waals surface area contributed by atoms with Gasteiger partial charge in [-0.15, -0.1) is 23.2 Å². The summed E-state index contributed by atoms with van der Waals surface area (Å²) in [5.41, 5.74) is 0. The van der Waals surface area contributed by atoms with Crippen LogP contribution in [0.2, 0.25) is 0 Å². The minimum absolute atomic E-state index is 0.284. The van der Waals surface area contributed by atoms with Crippen LogP contribution in [0.1, 0.15) is 25.7 Å². The second kappa shape index (κ2) is 2.57. The maximum absolute atomic E-state index is 6.04. The molecule has 2 aliphatic rings. The summed E-state index contributed by atoms with van der Waals surface area (Å²) < 4.78 is 0. The van der Waals surface area contributed by atoms with Gasteiger partial charge in [0, 0.05) is 0 Å². The SMILES string of the molecule is Cl[C@@H]1C2CCCCC2[C@@H]1Cl. The minimum Gasteiger partial charge on any atom is -0.121 e. The van der Waals surface area contributed by atoms with Crippen LogP contribution in [0.15, 0.2) is 0 Å². The molecule has 0 radical (unpaired) electrons. The fraction of sp³-hybridized carbons (Fsp3) is 1.00. The molecule has 2 rings (SSSR count). The Hall–Kier alpha value is 0.580. The van der Waals surface area contributed by atoms with E-state index in [9.17, 15) is 0 Å². The summed E-state index contributed by atoms with van der Waals surface area (Å²) in [5.74, 6) is 1.52.